The lowest BCUT2D eigenvalue weighted by Gasteiger charge is -2.25. The number of methoxy groups -OCH3 is 2. The average molecular weight is 427 g/mol. The predicted molar refractivity (Wildman–Crippen MR) is 121 cm³/mol. The normalized spacial score (nSPS) is 12.2. The van der Waals surface area contributed by atoms with Gasteiger partial charge in [-0.1, -0.05) is 13.0 Å². The smallest absolute Gasteiger partial charge is 0.248 e. The number of hydrogen-bond donors (Lipinski definition) is 2. The molecule has 0 aliphatic carbocycles. The number of aromatic amines is 1. The summed E-state index contributed by atoms with van der Waals surface area (Å²) in [6.45, 7) is 4.33. The molecule has 2 aromatic carbocycles. The van der Waals surface area contributed by atoms with E-state index in [9.17, 15) is 9.90 Å². The predicted octanol–water partition coefficient (Wildman–Crippen LogP) is 3.20. The van der Waals surface area contributed by atoms with Crippen molar-refractivity contribution >= 4 is 10.9 Å². The number of benzene rings is 2. The van der Waals surface area contributed by atoms with E-state index >= 15 is 0 Å². The maximum absolute atomic E-state index is 11.4. The van der Waals surface area contributed by atoms with Crippen molar-refractivity contribution in [2.75, 3.05) is 33.9 Å². The van der Waals surface area contributed by atoms with Crippen molar-refractivity contribution in [3.8, 4) is 17.2 Å². The highest BCUT2D eigenvalue weighted by molar-refractivity contribution is 5.79. The molecule has 1 unspecified atom stereocenters. The first kappa shape index (κ1) is 22.7. The Kier molecular flexibility index (Phi) is 7.92. The molecule has 1 atom stereocenters. The number of aliphatic hydroxyl groups is 1. The van der Waals surface area contributed by atoms with Gasteiger partial charge in [0.2, 0.25) is 5.56 Å². The minimum absolute atomic E-state index is 0.137. The highest BCUT2D eigenvalue weighted by Gasteiger charge is 2.14. The summed E-state index contributed by atoms with van der Waals surface area (Å²) >= 11 is 0. The van der Waals surface area contributed by atoms with E-state index in [1.54, 1.807) is 32.4 Å². The second-order valence-corrected chi connectivity index (χ2v) is 7.46. The quantitative estimate of drug-likeness (QED) is 0.490. The molecule has 166 valence electrons. The first-order chi connectivity index (χ1) is 15.0. The number of pyridine rings is 1. The molecule has 0 amide bonds. The Bertz CT molecular complexity index is 1050. The van der Waals surface area contributed by atoms with E-state index in [0.717, 1.165) is 29.4 Å². The summed E-state index contributed by atoms with van der Waals surface area (Å²) in [6.07, 6.45) is 0.335. The third-order valence-corrected chi connectivity index (χ3v) is 5.00. The zero-order valence-electron chi connectivity index (χ0n) is 18.3. The molecule has 7 heteroatoms. The SMILES string of the molecule is CCCN(Cc1ccc(OC)c(OC)c1)CC(O)COc1ccc2[nH]c(=O)ccc2c1. The molecule has 1 aromatic heterocycles. The van der Waals surface area contributed by atoms with E-state index in [0.29, 0.717) is 30.3 Å². The second kappa shape index (κ2) is 10.8. The van der Waals surface area contributed by atoms with Gasteiger partial charge in [0.1, 0.15) is 18.5 Å². The fourth-order valence-corrected chi connectivity index (χ4v) is 3.55. The maximum Gasteiger partial charge on any atom is 0.248 e. The van der Waals surface area contributed by atoms with E-state index in [1.807, 2.05) is 24.3 Å². The molecule has 0 aliphatic rings. The molecule has 2 N–H and O–H groups in total. The van der Waals surface area contributed by atoms with Crippen LogP contribution in [0.4, 0.5) is 0 Å². The highest BCUT2D eigenvalue weighted by Crippen LogP contribution is 2.28. The number of hydrogen-bond acceptors (Lipinski definition) is 6. The van der Waals surface area contributed by atoms with Crippen LogP contribution in [0.2, 0.25) is 0 Å². The molecule has 3 aromatic rings. The van der Waals surface area contributed by atoms with Gasteiger partial charge in [-0.05, 0) is 54.9 Å². The van der Waals surface area contributed by atoms with Crippen molar-refractivity contribution in [2.45, 2.75) is 26.0 Å². The summed E-state index contributed by atoms with van der Waals surface area (Å²) < 4.78 is 16.5. The van der Waals surface area contributed by atoms with Crippen molar-refractivity contribution in [2.24, 2.45) is 0 Å². The van der Waals surface area contributed by atoms with Crippen molar-refractivity contribution in [3.05, 3.63) is 64.4 Å². The topological polar surface area (TPSA) is 84.0 Å². The minimum Gasteiger partial charge on any atom is -0.493 e. The summed E-state index contributed by atoms with van der Waals surface area (Å²) in [4.78, 5) is 16.4. The molecule has 0 spiro atoms. The van der Waals surface area contributed by atoms with Gasteiger partial charge in [0, 0.05) is 30.1 Å². The Labute approximate surface area is 182 Å². The number of aliphatic hydroxyl groups excluding tert-OH is 1. The van der Waals surface area contributed by atoms with E-state index in [4.69, 9.17) is 14.2 Å². The number of H-pyrrole nitrogens is 1. The van der Waals surface area contributed by atoms with Gasteiger partial charge in [0.05, 0.1) is 14.2 Å². The zero-order chi connectivity index (χ0) is 22.2. The monoisotopic (exact) mass is 426 g/mol. The Morgan fingerprint density at radius 1 is 1.03 bits per heavy atom. The number of nitrogens with zero attached hydrogens (tertiary/aromatic N) is 1. The van der Waals surface area contributed by atoms with E-state index in [1.165, 1.54) is 6.07 Å². The zero-order valence-corrected chi connectivity index (χ0v) is 18.3. The lowest BCUT2D eigenvalue weighted by molar-refractivity contribution is 0.0656. The van der Waals surface area contributed by atoms with Gasteiger partial charge in [0.25, 0.3) is 0 Å². The highest BCUT2D eigenvalue weighted by atomic mass is 16.5. The van der Waals surface area contributed by atoms with Crippen LogP contribution in [0.5, 0.6) is 17.2 Å². The van der Waals surface area contributed by atoms with Gasteiger partial charge in [-0.15, -0.1) is 0 Å². The van der Waals surface area contributed by atoms with E-state index < -0.39 is 6.10 Å². The van der Waals surface area contributed by atoms with E-state index in [2.05, 4.69) is 16.8 Å². The van der Waals surface area contributed by atoms with Crippen LogP contribution < -0.4 is 19.8 Å². The fraction of sp³-hybridized carbons (Fsp3) is 0.375. The number of fused-ring (bicyclic) bond motifs is 1. The van der Waals surface area contributed by atoms with Gasteiger partial charge in [0.15, 0.2) is 11.5 Å². The largest absolute Gasteiger partial charge is 0.493 e. The average Bonchev–Trinajstić information content (AvgIpc) is 2.77. The number of ether oxygens (including phenoxy) is 3. The Balaban J connectivity index is 1.59. The first-order valence-electron chi connectivity index (χ1n) is 10.4. The summed E-state index contributed by atoms with van der Waals surface area (Å²) in [6, 6.07) is 14.5. The Morgan fingerprint density at radius 2 is 1.84 bits per heavy atom. The minimum atomic E-state index is -0.641. The molecule has 0 saturated carbocycles. The fourth-order valence-electron chi connectivity index (χ4n) is 3.55. The van der Waals surface area contributed by atoms with Gasteiger partial charge in [-0.25, -0.2) is 0 Å². The summed E-state index contributed by atoms with van der Waals surface area (Å²) in [5.41, 5.74) is 1.70. The molecule has 0 saturated heterocycles. The summed E-state index contributed by atoms with van der Waals surface area (Å²) in [5.74, 6) is 2.04. The Hall–Kier alpha value is -3.03. The summed E-state index contributed by atoms with van der Waals surface area (Å²) in [7, 11) is 3.24. The third kappa shape index (κ3) is 6.23. The molecule has 0 radical (unpaired) electrons. The van der Waals surface area contributed by atoms with Crippen LogP contribution in [0, 0.1) is 0 Å². The number of nitrogens with one attached hydrogen (secondary N) is 1. The number of aromatic nitrogens is 1. The van der Waals surface area contributed by atoms with Gasteiger partial charge < -0.3 is 24.3 Å². The molecule has 0 bridgehead atoms. The second-order valence-electron chi connectivity index (χ2n) is 7.46. The van der Waals surface area contributed by atoms with Crippen LogP contribution in [-0.4, -0.2) is 55.0 Å². The maximum atomic E-state index is 11.4. The molecule has 31 heavy (non-hydrogen) atoms. The van der Waals surface area contributed by atoms with Crippen LogP contribution in [0.1, 0.15) is 18.9 Å². The van der Waals surface area contributed by atoms with Crippen LogP contribution in [-0.2, 0) is 6.54 Å². The molecule has 1 heterocycles. The lowest BCUT2D eigenvalue weighted by Crippen LogP contribution is -2.35. The molecular weight excluding hydrogens is 396 g/mol. The van der Waals surface area contributed by atoms with Crippen LogP contribution in [0.15, 0.2) is 53.3 Å². The first-order valence-corrected chi connectivity index (χ1v) is 10.4. The van der Waals surface area contributed by atoms with Gasteiger partial charge in [-0.3, -0.25) is 9.69 Å². The van der Waals surface area contributed by atoms with Crippen molar-refractivity contribution in [1.82, 2.24) is 9.88 Å². The van der Waals surface area contributed by atoms with Crippen molar-refractivity contribution in [3.63, 3.8) is 0 Å². The lowest BCUT2D eigenvalue weighted by atomic mass is 10.1. The number of rotatable bonds is 11. The van der Waals surface area contributed by atoms with Crippen LogP contribution in [0.25, 0.3) is 10.9 Å². The van der Waals surface area contributed by atoms with Gasteiger partial charge in [-0.2, -0.15) is 0 Å². The van der Waals surface area contributed by atoms with E-state index in [-0.39, 0.29) is 12.2 Å². The third-order valence-electron chi connectivity index (χ3n) is 5.00. The van der Waals surface area contributed by atoms with Crippen molar-refractivity contribution in [1.29, 1.82) is 0 Å². The Morgan fingerprint density at radius 3 is 2.58 bits per heavy atom. The van der Waals surface area contributed by atoms with Crippen LogP contribution in [0.3, 0.4) is 0 Å². The molecule has 7 nitrogen and oxygen atoms in total. The molecule has 0 aliphatic heterocycles. The summed E-state index contributed by atoms with van der Waals surface area (Å²) in [5, 5.41) is 11.4. The standard InChI is InChI=1S/C24H30N2O5/c1-4-11-26(14-17-5-9-22(29-2)23(12-17)30-3)15-19(27)16-31-20-7-8-21-18(13-20)6-10-24(28)25-21/h5-10,12-13,19,27H,4,11,14-16H2,1-3H3,(H,25,28). The van der Waals surface area contributed by atoms with Crippen LogP contribution >= 0.6 is 0 Å². The molecule has 3 rings (SSSR count). The van der Waals surface area contributed by atoms with Crippen molar-refractivity contribution < 1.29 is 19.3 Å². The molecular formula is C24H30N2O5. The van der Waals surface area contributed by atoms with Gasteiger partial charge >= 0.3 is 0 Å². The molecule has 0 fully saturated rings.